The van der Waals surface area contributed by atoms with Gasteiger partial charge in [0.05, 0.1) is 5.25 Å². The van der Waals surface area contributed by atoms with Crippen LogP contribution in [0.15, 0.2) is 30.3 Å². The standard InChI is InChI=1S/C15H18O3S/c1-15(2)9-8-12(18-10-16)13(15)19-14(17)11-6-4-3-5-7-11/h3-7,10,12-13H,8-9H2,1-2H3. The van der Waals surface area contributed by atoms with Gasteiger partial charge in [-0.2, -0.15) is 0 Å². The van der Waals surface area contributed by atoms with Crippen LogP contribution in [0.25, 0.3) is 0 Å². The normalized spacial score (nSPS) is 24.9. The number of carbonyl (C=O) groups is 2. The molecule has 0 heterocycles. The molecule has 0 saturated heterocycles. The van der Waals surface area contributed by atoms with Gasteiger partial charge in [-0.25, -0.2) is 0 Å². The third-order valence-corrected chi connectivity index (χ3v) is 5.30. The van der Waals surface area contributed by atoms with Crippen LogP contribution in [-0.4, -0.2) is 22.9 Å². The molecule has 19 heavy (non-hydrogen) atoms. The zero-order valence-corrected chi connectivity index (χ0v) is 12.0. The molecule has 1 aromatic carbocycles. The Labute approximate surface area is 117 Å². The number of hydrogen-bond donors (Lipinski definition) is 0. The maximum absolute atomic E-state index is 12.3. The summed E-state index contributed by atoms with van der Waals surface area (Å²) in [4.78, 5) is 22.8. The summed E-state index contributed by atoms with van der Waals surface area (Å²) >= 11 is 1.29. The average molecular weight is 278 g/mol. The maximum atomic E-state index is 12.3. The smallest absolute Gasteiger partial charge is 0.293 e. The fraction of sp³-hybridized carbons (Fsp3) is 0.467. The molecule has 0 aliphatic heterocycles. The highest BCUT2D eigenvalue weighted by atomic mass is 32.2. The molecule has 0 amide bonds. The van der Waals surface area contributed by atoms with Gasteiger partial charge < -0.3 is 4.74 Å². The third-order valence-electron chi connectivity index (χ3n) is 3.65. The molecule has 1 saturated carbocycles. The van der Waals surface area contributed by atoms with Crippen LogP contribution in [0.3, 0.4) is 0 Å². The van der Waals surface area contributed by atoms with E-state index in [1.807, 2.05) is 30.3 Å². The van der Waals surface area contributed by atoms with Gasteiger partial charge in [0, 0.05) is 5.56 Å². The quantitative estimate of drug-likeness (QED) is 0.793. The fourth-order valence-electron chi connectivity index (χ4n) is 2.51. The van der Waals surface area contributed by atoms with Crippen molar-refractivity contribution in [3.05, 3.63) is 35.9 Å². The Morgan fingerprint density at radius 2 is 2.05 bits per heavy atom. The molecule has 0 N–H and O–H groups in total. The van der Waals surface area contributed by atoms with Gasteiger partial charge >= 0.3 is 0 Å². The first-order valence-electron chi connectivity index (χ1n) is 6.40. The molecule has 1 aromatic rings. The molecule has 102 valence electrons. The first-order valence-corrected chi connectivity index (χ1v) is 7.28. The molecule has 2 rings (SSSR count). The van der Waals surface area contributed by atoms with E-state index in [1.165, 1.54) is 11.8 Å². The summed E-state index contributed by atoms with van der Waals surface area (Å²) in [5, 5.41) is 0.0606. The zero-order valence-electron chi connectivity index (χ0n) is 11.2. The topological polar surface area (TPSA) is 43.4 Å². The van der Waals surface area contributed by atoms with Gasteiger partial charge in [0.2, 0.25) is 5.12 Å². The third kappa shape index (κ3) is 3.18. The molecule has 3 nitrogen and oxygen atoms in total. The number of hydrogen-bond acceptors (Lipinski definition) is 4. The predicted octanol–water partition coefficient (Wildman–Crippen LogP) is 3.29. The maximum Gasteiger partial charge on any atom is 0.293 e. The zero-order chi connectivity index (χ0) is 13.9. The summed E-state index contributed by atoms with van der Waals surface area (Å²) in [7, 11) is 0. The van der Waals surface area contributed by atoms with E-state index in [1.54, 1.807) is 0 Å². The molecule has 0 spiro atoms. The van der Waals surface area contributed by atoms with Crippen molar-refractivity contribution in [2.45, 2.75) is 38.0 Å². The van der Waals surface area contributed by atoms with Crippen molar-refractivity contribution in [3.8, 4) is 0 Å². The predicted molar refractivity (Wildman–Crippen MR) is 76.1 cm³/mol. The number of carbonyl (C=O) groups excluding carboxylic acids is 2. The van der Waals surface area contributed by atoms with Crippen LogP contribution >= 0.6 is 11.8 Å². The molecular formula is C15H18O3S. The van der Waals surface area contributed by atoms with Crippen molar-refractivity contribution in [3.63, 3.8) is 0 Å². The Bertz CT molecular complexity index is 456. The van der Waals surface area contributed by atoms with Crippen molar-refractivity contribution in [2.24, 2.45) is 5.41 Å². The molecule has 1 aliphatic carbocycles. The molecule has 1 fully saturated rings. The van der Waals surface area contributed by atoms with Crippen LogP contribution < -0.4 is 0 Å². The van der Waals surface area contributed by atoms with E-state index in [-0.39, 0.29) is 21.9 Å². The number of rotatable bonds is 4. The SMILES string of the molecule is CC1(C)CCC(OC=O)C1SC(=O)c1ccccc1. The number of ether oxygens (including phenoxy) is 1. The molecule has 0 bridgehead atoms. The van der Waals surface area contributed by atoms with Gasteiger partial charge in [0.1, 0.15) is 6.10 Å². The molecular weight excluding hydrogens is 260 g/mol. The van der Waals surface area contributed by atoms with E-state index in [0.717, 1.165) is 12.8 Å². The Hall–Kier alpha value is -1.29. The molecule has 2 unspecified atom stereocenters. The largest absolute Gasteiger partial charge is 0.463 e. The second-order valence-corrected chi connectivity index (χ2v) is 6.60. The van der Waals surface area contributed by atoms with Crippen LogP contribution in [0.4, 0.5) is 0 Å². The van der Waals surface area contributed by atoms with Crippen LogP contribution in [0.5, 0.6) is 0 Å². The second-order valence-electron chi connectivity index (χ2n) is 5.49. The lowest BCUT2D eigenvalue weighted by atomic mass is 9.91. The minimum atomic E-state index is -0.162. The van der Waals surface area contributed by atoms with E-state index in [9.17, 15) is 9.59 Å². The number of thioether (sulfide) groups is 1. The van der Waals surface area contributed by atoms with Crippen LogP contribution in [0.2, 0.25) is 0 Å². The lowest BCUT2D eigenvalue weighted by molar-refractivity contribution is -0.133. The van der Waals surface area contributed by atoms with Crippen molar-refractivity contribution >= 4 is 23.3 Å². The van der Waals surface area contributed by atoms with Gasteiger partial charge in [-0.05, 0) is 18.3 Å². The first kappa shape index (κ1) is 14.1. The van der Waals surface area contributed by atoms with Crippen molar-refractivity contribution in [1.82, 2.24) is 0 Å². The van der Waals surface area contributed by atoms with E-state index in [4.69, 9.17) is 4.74 Å². The van der Waals surface area contributed by atoms with Crippen molar-refractivity contribution in [1.29, 1.82) is 0 Å². The summed E-state index contributed by atoms with van der Waals surface area (Å²) in [6.45, 7) is 4.74. The Morgan fingerprint density at radius 1 is 1.37 bits per heavy atom. The van der Waals surface area contributed by atoms with E-state index >= 15 is 0 Å². The molecule has 1 aliphatic rings. The van der Waals surface area contributed by atoms with Gasteiger partial charge in [0.25, 0.3) is 6.47 Å². The second kappa shape index (κ2) is 5.78. The molecule has 0 aromatic heterocycles. The Morgan fingerprint density at radius 3 is 2.68 bits per heavy atom. The lowest BCUT2D eigenvalue weighted by Crippen LogP contribution is -2.31. The van der Waals surface area contributed by atoms with Crippen LogP contribution in [0, 0.1) is 5.41 Å². The fourth-order valence-corrected chi connectivity index (χ4v) is 3.81. The lowest BCUT2D eigenvalue weighted by Gasteiger charge is -2.28. The Kier molecular flexibility index (Phi) is 4.30. The van der Waals surface area contributed by atoms with Crippen molar-refractivity contribution in [2.75, 3.05) is 0 Å². The molecule has 4 heteroatoms. The molecule has 2 atom stereocenters. The summed E-state index contributed by atoms with van der Waals surface area (Å²) < 4.78 is 5.13. The van der Waals surface area contributed by atoms with Crippen LogP contribution in [-0.2, 0) is 9.53 Å². The minimum Gasteiger partial charge on any atom is -0.463 e. The highest BCUT2D eigenvalue weighted by Crippen LogP contribution is 2.46. The highest BCUT2D eigenvalue weighted by molar-refractivity contribution is 8.14. The van der Waals surface area contributed by atoms with E-state index in [2.05, 4.69) is 13.8 Å². The summed E-state index contributed by atoms with van der Waals surface area (Å²) in [6, 6.07) is 9.22. The van der Waals surface area contributed by atoms with E-state index in [0.29, 0.717) is 12.0 Å². The minimum absolute atomic E-state index is 0.00276. The monoisotopic (exact) mass is 278 g/mol. The summed E-state index contributed by atoms with van der Waals surface area (Å²) in [6.07, 6.45) is 1.63. The highest BCUT2D eigenvalue weighted by Gasteiger charge is 2.44. The van der Waals surface area contributed by atoms with Crippen LogP contribution in [0.1, 0.15) is 37.0 Å². The van der Waals surface area contributed by atoms with Crippen molar-refractivity contribution < 1.29 is 14.3 Å². The van der Waals surface area contributed by atoms with Gasteiger partial charge in [-0.1, -0.05) is 55.9 Å². The van der Waals surface area contributed by atoms with Gasteiger partial charge in [-0.15, -0.1) is 0 Å². The Balaban J connectivity index is 2.11. The summed E-state index contributed by atoms with van der Waals surface area (Å²) in [5.41, 5.74) is 0.697. The first-order chi connectivity index (χ1) is 9.04. The van der Waals surface area contributed by atoms with Gasteiger partial charge in [0.15, 0.2) is 0 Å². The van der Waals surface area contributed by atoms with E-state index < -0.39 is 0 Å². The van der Waals surface area contributed by atoms with Gasteiger partial charge in [-0.3, -0.25) is 9.59 Å². The summed E-state index contributed by atoms with van der Waals surface area (Å²) in [5.74, 6) is 0. The average Bonchev–Trinajstić information content (AvgIpc) is 2.68. The molecule has 0 radical (unpaired) electrons. The number of benzene rings is 1.